The van der Waals surface area contributed by atoms with Crippen LogP contribution >= 0.6 is 11.6 Å². The summed E-state index contributed by atoms with van der Waals surface area (Å²) in [5, 5.41) is 3.89. The lowest BCUT2D eigenvalue weighted by Gasteiger charge is -2.46. The predicted molar refractivity (Wildman–Crippen MR) is 127 cm³/mol. The molecule has 0 amide bonds. The Balaban J connectivity index is 1.53. The average molecular weight is 433 g/mol. The predicted octanol–water partition coefficient (Wildman–Crippen LogP) is 5.82. The summed E-state index contributed by atoms with van der Waals surface area (Å²) in [6.07, 6.45) is 9.77. The van der Waals surface area contributed by atoms with Crippen LogP contribution in [0.2, 0.25) is 0 Å². The van der Waals surface area contributed by atoms with Gasteiger partial charge in [0, 0.05) is 19.1 Å². The third-order valence-electron chi connectivity index (χ3n) is 6.76. The molecule has 30 heavy (non-hydrogen) atoms. The lowest BCUT2D eigenvalue weighted by atomic mass is 9.69. The quantitative estimate of drug-likeness (QED) is 0.520. The van der Waals surface area contributed by atoms with Gasteiger partial charge >= 0.3 is 0 Å². The highest BCUT2D eigenvalue weighted by atomic mass is 35.5. The van der Waals surface area contributed by atoms with Crippen LogP contribution in [0.1, 0.15) is 46.1 Å². The maximum Gasteiger partial charge on any atom is 0.123 e. The molecular weight excluding hydrogens is 395 g/mol. The van der Waals surface area contributed by atoms with E-state index in [0.717, 1.165) is 44.6 Å². The summed E-state index contributed by atoms with van der Waals surface area (Å²) >= 11 is 6.23. The highest BCUT2D eigenvalue weighted by Crippen LogP contribution is 2.41. The normalized spacial score (nSPS) is 25.4. The highest BCUT2D eigenvalue weighted by molar-refractivity contribution is 6.22. The van der Waals surface area contributed by atoms with E-state index < -0.39 is 0 Å². The molecule has 1 saturated heterocycles. The van der Waals surface area contributed by atoms with Crippen LogP contribution in [0.4, 0.5) is 4.39 Å². The van der Waals surface area contributed by atoms with Crippen molar-refractivity contribution < 1.29 is 4.39 Å². The number of allylic oxidation sites excluding steroid dienone is 4. The van der Waals surface area contributed by atoms with Gasteiger partial charge in [0.05, 0.1) is 5.38 Å². The van der Waals surface area contributed by atoms with E-state index in [1.165, 1.54) is 18.1 Å². The molecule has 2 aliphatic rings. The first-order chi connectivity index (χ1) is 14.2. The van der Waals surface area contributed by atoms with Crippen molar-refractivity contribution >= 4 is 11.6 Å². The smallest absolute Gasteiger partial charge is 0.123 e. The zero-order valence-electron chi connectivity index (χ0n) is 19.0. The van der Waals surface area contributed by atoms with Crippen LogP contribution < -0.4 is 5.32 Å². The summed E-state index contributed by atoms with van der Waals surface area (Å²) in [7, 11) is 0. The Morgan fingerprint density at radius 1 is 1.30 bits per heavy atom. The van der Waals surface area contributed by atoms with E-state index >= 15 is 0 Å². The Morgan fingerprint density at radius 2 is 2.10 bits per heavy atom. The number of benzene rings is 1. The largest absolute Gasteiger partial charge is 0.312 e. The third-order valence-corrected chi connectivity index (χ3v) is 7.08. The molecule has 166 valence electrons. The van der Waals surface area contributed by atoms with Gasteiger partial charge in [0.15, 0.2) is 0 Å². The fourth-order valence-corrected chi connectivity index (χ4v) is 5.16. The molecule has 0 saturated carbocycles. The highest BCUT2D eigenvalue weighted by Gasteiger charge is 2.38. The Labute approximate surface area is 187 Å². The van der Waals surface area contributed by atoms with E-state index in [9.17, 15) is 4.39 Å². The summed E-state index contributed by atoms with van der Waals surface area (Å²) in [4.78, 5) is 2.63. The van der Waals surface area contributed by atoms with Crippen molar-refractivity contribution in [2.24, 2.45) is 17.3 Å². The second-order valence-electron chi connectivity index (χ2n) is 10.1. The van der Waals surface area contributed by atoms with E-state index in [0.29, 0.717) is 17.9 Å². The summed E-state index contributed by atoms with van der Waals surface area (Å²) in [6, 6.07) is 7.38. The van der Waals surface area contributed by atoms with E-state index in [2.05, 4.69) is 56.1 Å². The van der Waals surface area contributed by atoms with Gasteiger partial charge in [-0.2, -0.15) is 0 Å². The van der Waals surface area contributed by atoms with E-state index in [1.807, 2.05) is 6.07 Å². The number of halogens is 2. The van der Waals surface area contributed by atoms with Crippen LogP contribution in [0, 0.1) is 23.1 Å². The van der Waals surface area contributed by atoms with Crippen molar-refractivity contribution in [3.8, 4) is 0 Å². The molecule has 1 heterocycles. The van der Waals surface area contributed by atoms with Crippen LogP contribution in [0.5, 0.6) is 0 Å². The molecule has 1 N–H and O–H groups in total. The lowest BCUT2D eigenvalue weighted by molar-refractivity contribution is 0.0633. The lowest BCUT2D eigenvalue weighted by Crippen LogP contribution is -2.52. The first kappa shape index (κ1) is 23.5. The van der Waals surface area contributed by atoms with Gasteiger partial charge in [-0.1, -0.05) is 58.1 Å². The molecule has 1 unspecified atom stereocenters. The molecule has 2 nitrogen and oxygen atoms in total. The molecule has 1 aliphatic heterocycles. The van der Waals surface area contributed by atoms with Crippen molar-refractivity contribution in [3.05, 3.63) is 59.4 Å². The topological polar surface area (TPSA) is 15.3 Å². The fraction of sp³-hybridized carbons (Fsp3) is 0.615. The second kappa shape index (κ2) is 10.4. The molecule has 0 spiro atoms. The van der Waals surface area contributed by atoms with Gasteiger partial charge in [0.1, 0.15) is 5.82 Å². The fourth-order valence-electron chi connectivity index (χ4n) is 4.99. The monoisotopic (exact) mass is 432 g/mol. The molecule has 1 aromatic rings. The number of alkyl halides is 1. The second-order valence-corrected chi connectivity index (χ2v) is 10.6. The molecule has 3 atom stereocenters. The summed E-state index contributed by atoms with van der Waals surface area (Å²) in [5.74, 6) is 1.01. The summed E-state index contributed by atoms with van der Waals surface area (Å²) in [5.41, 5.74) is 2.78. The first-order valence-electron chi connectivity index (χ1n) is 11.5. The molecule has 0 aromatic heterocycles. The van der Waals surface area contributed by atoms with Gasteiger partial charge in [0.25, 0.3) is 0 Å². The van der Waals surface area contributed by atoms with Crippen molar-refractivity contribution in [3.63, 3.8) is 0 Å². The number of piperidine rings is 1. The maximum atomic E-state index is 13.4. The number of hydrogen-bond donors (Lipinski definition) is 1. The van der Waals surface area contributed by atoms with Crippen molar-refractivity contribution in [1.29, 1.82) is 0 Å². The van der Waals surface area contributed by atoms with Crippen molar-refractivity contribution in [2.45, 2.75) is 58.4 Å². The Morgan fingerprint density at radius 3 is 2.73 bits per heavy atom. The van der Waals surface area contributed by atoms with Crippen LogP contribution in [0.15, 0.2) is 48.1 Å². The van der Waals surface area contributed by atoms with Crippen molar-refractivity contribution in [1.82, 2.24) is 10.2 Å². The molecule has 3 rings (SSSR count). The number of likely N-dealkylation sites (tertiary alicyclic amines) is 1. The molecule has 1 fully saturated rings. The van der Waals surface area contributed by atoms with Crippen LogP contribution in [0.25, 0.3) is 0 Å². The maximum absolute atomic E-state index is 13.4. The van der Waals surface area contributed by atoms with Gasteiger partial charge < -0.3 is 10.2 Å². The van der Waals surface area contributed by atoms with E-state index in [-0.39, 0.29) is 16.6 Å². The number of rotatable bonds is 8. The summed E-state index contributed by atoms with van der Waals surface area (Å²) in [6.45, 7) is 13.6. The summed E-state index contributed by atoms with van der Waals surface area (Å²) < 4.78 is 13.4. The van der Waals surface area contributed by atoms with Crippen LogP contribution in [-0.2, 0) is 6.42 Å². The Bertz CT molecular complexity index is 755. The molecule has 1 aromatic carbocycles. The first-order valence-corrected chi connectivity index (χ1v) is 11.9. The van der Waals surface area contributed by atoms with Gasteiger partial charge in [-0.25, -0.2) is 4.39 Å². The average Bonchev–Trinajstić information content (AvgIpc) is 2.67. The van der Waals surface area contributed by atoms with E-state index in [1.54, 1.807) is 12.1 Å². The number of nitrogens with one attached hydrogen (secondary N) is 1. The van der Waals surface area contributed by atoms with Crippen LogP contribution in [-0.4, -0.2) is 42.5 Å². The van der Waals surface area contributed by atoms with Gasteiger partial charge in [-0.05, 0) is 72.9 Å². The molecule has 0 bridgehead atoms. The Hall–Kier alpha value is -1.16. The minimum atomic E-state index is -0.150. The minimum absolute atomic E-state index is 0.150. The zero-order valence-corrected chi connectivity index (χ0v) is 19.8. The van der Waals surface area contributed by atoms with Gasteiger partial charge in [-0.15, -0.1) is 11.6 Å². The third kappa shape index (κ3) is 6.42. The molecular formula is C26H38ClFN2. The zero-order chi connectivity index (χ0) is 21.7. The minimum Gasteiger partial charge on any atom is -0.312 e. The van der Waals surface area contributed by atoms with Crippen LogP contribution in [0.3, 0.4) is 0 Å². The Kier molecular flexibility index (Phi) is 8.17. The molecule has 0 radical (unpaired) electrons. The van der Waals surface area contributed by atoms with Gasteiger partial charge in [0.2, 0.25) is 0 Å². The van der Waals surface area contributed by atoms with Gasteiger partial charge in [-0.3, -0.25) is 0 Å². The van der Waals surface area contributed by atoms with Crippen molar-refractivity contribution in [2.75, 3.05) is 26.2 Å². The number of nitrogens with zero attached hydrogens (tertiary/aromatic N) is 1. The molecule has 1 aliphatic carbocycles. The standard InChI is InChI=1S/C26H38ClFN2/c1-19(2)25(29-14-12-20-6-5-7-23(28)16-20)17-30-15-13-24(26(3,4)18-30)21-8-10-22(27)11-9-21/h5-10,16,19,22,24-25,29H,11-15,17-18H2,1-4H3/t22?,24-,25+/m1/s1. The van der Waals surface area contributed by atoms with E-state index in [4.69, 9.17) is 11.6 Å². The molecule has 4 heteroatoms. The number of hydrogen-bond acceptors (Lipinski definition) is 2. The SMILES string of the molecule is CC(C)[C@H](CN1CC[C@H](C2=CCC(Cl)C=C2)C(C)(C)C1)NCCc1cccc(F)c1.